The van der Waals surface area contributed by atoms with E-state index in [0.29, 0.717) is 0 Å². The van der Waals surface area contributed by atoms with Crippen molar-refractivity contribution < 1.29 is 0 Å². The molecule has 0 bridgehead atoms. The lowest BCUT2D eigenvalue weighted by atomic mass is 10.4. The van der Waals surface area contributed by atoms with E-state index < -0.39 is 0 Å². The molecular weight excluding hydrogens is 174 g/mol. The average molecular weight is 197 g/mol. The molecule has 2 fully saturated rings. The maximum Gasteiger partial charge on any atom is 0.0484 e. The van der Waals surface area contributed by atoms with Gasteiger partial charge in [-0.1, -0.05) is 6.08 Å². The maximum absolute atomic E-state index is 3.65. The van der Waals surface area contributed by atoms with Crippen LogP contribution >= 0.6 is 0 Å². The topological polar surface area (TPSA) is 18.5 Å². The van der Waals surface area contributed by atoms with Crippen LogP contribution in [0.25, 0.3) is 0 Å². The van der Waals surface area contributed by atoms with E-state index in [1.54, 1.807) is 0 Å². The van der Waals surface area contributed by atoms with Crippen LogP contribution in [0.3, 0.4) is 0 Å². The van der Waals surface area contributed by atoms with E-state index in [4.69, 9.17) is 0 Å². The normalized spacial score (nSPS) is 23.2. The number of likely N-dealkylation sites (tertiary alicyclic amines) is 1. The Kier molecular flexibility index (Phi) is 5.83. The SMILES string of the molecule is C=CCN1CCNC1.CN1CCCC1. The Bertz CT molecular complexity index is 147. The zero-order valence-electron chi connectivity index (χ0n) is 9.34. The summed E-state index contributed by atoms with van der Waals surface area (Å²) in [5.41, 5.74) is 0. The first-order valence-electron chi connectivity index (χ1n) is 5.55. The second kappa shape index (κ2) is 6.98. The number of rotatable bonds is 2. The van der Waals surface area contributed by atoms with Crippen LogP contribution in [0.2, 0.25) is 0 Å². The molecule has 1 N–H and O–H groups in total. The molecule has 2 saturated heterocycles. The minimum atomic E-state index is 1.02. The third kappa shape index (κ3) is 4.74. The molecule has 2 aliphatic rings. The van der Waals surface area contributed by atoms with Crippen LogP contribution in [0, 0.1) is 0 Å². The van der Waals surface area contributed by atoms with Crippen molar-refractivity contribution in [2.75, 3.05) is 46.4 Å². The first-order chi connectivity index (χ1) is 6.83. The average Bonchev–Trinajstić information content (AvgIpc) is 2.79. The Morgan fingerprint density at radius 1 is 1.29 bits per heavy atom. The minimum Gasteiger partial charge on any atom is -0.306 e. The van der Waals surface area contributed by atoms with Crippen molar-refractivity contribution in [2.45, 2.75) is 12.8 Å². The van der Waals surface area contributed by atoms with Crippen molar-refractivity contribution in [1.82, 2.24) is 15.1 Å². The summed E-state index contributed by atoms with van der Waals surface area (Å²) >= 11 is 0. The van der Waals surface area contributed by atoms with E-state index in [1.807, 2.05) is 6.08 Å². The molecule has 0 atom stereocenters. The number of nitrogens with one attached hydrogen (secondary N) is 1. The Morgan fingerprint density at radius 2 is 2.00 bits per heavy atom. The summed E-state index contributed by atoms with van der Waals surface area (Å²) in [4.78, 5) is 4.67. The predicted molar refractivity (Wildman–Crippen MR) is 61.4 cm³/mol. The quantitative estimate of drug-likeness (QED) is 0.659. The van der Waals surface area contributed by atoms with Crippen molar-refractivity contribution >= 4 is 0 Å². The lowest BCUT2D eigenvalue weighted by molar-refractivity contribution is 0.373. The van der Waals surface area contributed by atoms with Gasteiger partial charge in [-0.2, -0.15) is 0 Å². The molecule has 2 aliphatic heterocycles. The van der Waals surface area contributed by atoms with Crippen molar-refractivity contribution in [3.05, 3.63) is 12.7 Å². The molecule has 0 spiro atoms. The van der Waals surface area contributed by atoms with Gasteiger partial charge < -0.3 is 10.2 Å². The lowest BCUT2D eigenvalue weighted by Crippen LogP contribution is -2.21. The van der Waals surface area contributed by atoms with Gasteiger partial charge in [-0.3, -0.25) is 4.90 Å². The highest BCUT2D eigenvalue weighted by Crippen LogP contribution is 2.02. The van der Waals surface area contributed by atoms with E-state index in [0.717, 1.165) is 19.8 Å². The highest BCUT2D eigenvalue weighted by atomic mass is 15.3. The van der Waals surface area contributed by atoms with E-state index in [2.05, 4.69) is 28.7 Å². The molecule has 2 rings (SSSR count). The van der Waals surface area contributed by atoms with Crippen molar-refractivity contribution in [1.29, 1.82) is 0 Å². The van der Waals surface area contributed by atoms with Gasteiger partial charge in [0.25, 0.3) is 0 Å². The largest absolute Gasteiger partial charge is 0.306 e. The standard InChI is InChI=1S/C6H12N2.C5H11N/c1-2-4-8-5-3-7-6-8;1-6-4-2-3-5-6/h2,7H,1,3-6H2;2-5H2,1H3. The number of nitrogens with zero attached hydrogens (tertiary/aromatic N) is 2. The maximum atomic E-state index is 3.65. The fourth-order valence-electron chi connectivity index (χ4n) is 1.77. The predicted octanol–water partition coefficient (Wildman–Crippen LogP) is 0.747. The minimum absolute atomic E-state index is 1.02. The zero-order valence-corrected chi connectivity index (χ0v) is 9.34. The summed E-state index contributed by atoms with van der Waals surface area (Å²) in [6.45, 7) is 10.7. The molecule has 0 amide bonds. The van der Waals surface area contributed by atoms with Crippen LogP contribution in [0.15, 0.2) is 12.7 Å². The summed E-state index contributed by atoms with van der Waals surface area (Å²) in [5, 5.41) is 3.24. The van der Waals surface area contributed by atoms with Gasteiger partial charge >= 0.3 is 0 Å². The van der Waals surface area contributed by atoms with Crippen LogP contribution in [0.5, 0.6) is 0 Å². The van der Waals surface area contributed by atoms with Gasteiger partial charge in [-0.25, -0.2) is 0 Å². The van der Waals surface area contributed by atoms with Crippen molar-refractivity contribution in [2.24, 2.45) is 0 Å². The Hall–Kier alpha value is -0.380. The highest BCUT2D eigenvalue weighted by Gasteiger charge is 2.06. The zero-order chi connectivity index (χ0) is 10.2. The van der Waals surface area contributed by atoms with Gasteiger partial charge in [-0.15, -0.1) is 6.58 Å². The third-order valence-electron chi connectivity index (χ3n) is 2.66. The Morgan fingerprint density at radius 3 is 2.36 bits per heavy atom. The summed E-state index contributed by atoms with van der Waals surface area (Å²) < 4.78 is 0. The van der Waals surface area contributed by atoms with E-state index in [9.17, 15) is 0 Å². The molecule has 2 heterocycles. The molecule has 3 nitrogen and oxygen atoms in total. The Labute approximate surface area is 87.8 Å². The van der Waals surface area contributed by atoms with Crippen LogP contribution in [0.4, 0.5) is 0 Å². The highest BCUT2D eigenvalue weighted by molar-refractivity contribution is 4.76. The molecule has 0 radical (unpaired) electrons. The van der Waals surface area contributed by atoms with Gasteiger partial charge in [0, 0.05) is 26.3 Å². The second-order valence-corrected chi connectivity index (χ2v) is 4.03. The molecular formula is C11H23N3. The molecule has 0 saturated carbocycles. The second-order valence-electron chi connectivity index (χ2n) is 4.03. The fraction of sp³-hybridized carbons (Fsp3) is 0.818. The molecule has 14 heavy (non-hydrogen) atoms. The molecule has 3 heteroatoms. The summed E-state index contributed by atoms with van der Waals surface area (Å²) in [7, 11) is 2.17. The molecule has 0 unspecified atom stereocenters. The van der Waals surface area contributed by atoms with Gasteiger partial charge in [0.05, 0.1) is 0 Å². The van der Waals surface area contributed by atoms with Crippen LogP contribution in [0.1, 0.15) is 12.8 Å². The smallest absolute Gasteiger partial charge is 0.0484 e. The van der Waals surface area contributed by atoms with E-state index in [1.165, 1.54) is 32.5 Å². The molecule has 82 valence electrons. The molecule has 0 aromatic carbocycles. The summed E-state index contributed by atoms with van der Waals surface area (Å²) in [6.07, 6.45) is 4.76. The van der Waals surface area contributed by atoms with Crippen LogP contribution < -0.4 is 5.32 Å². The van der Waals surface area contributed by atoms with Gasteiger partial charge in [-0.05, 0) is 33.0 Å². The van der Waals surface area contributed by atoms with Gasteiger partial charge in [0.1, 0.15) is 0 Å². The molecule has 0 aliphatic carbocycles. The number of hydrogen-bond donors (Lipinski definition) is 1. The molecule has 0 aromatic rings. The first-order valence-corrected chi connectivity index (χ1v) is 5.55. The number of hydrogen-bond acceptors (Lipinski definition) is 3. The fourth-order valence-corrected chi connectivity index (χ4v) is 1.77. The van der Waals surface area contributed by atoms with Gasteiger partial charge in [0.2, 0.25) is 0 Å². The summed E-state index contributed by atoms with van der Waals surface area (Å²) in [5.74, 6) is 0. The Balaban J connectivity index is 0.000000146. The third-order valence-corrected chi connectivity index (χ3v) is 2.66. The van der Waals surface area contributed by atoms with Crippen molar-refractivity contribution in [3.8, 4) is 0 Å². The van der Waals surface area contributed by atoms with Gasteiger partial charge in [0.15, 0.2) is 0 Å². The lowest BCUT2D eigenvalue weighted by Gasteiger charge is -2.08. The monoisotopic (exact) mass is 197 g/mol. The van der Waals surface area contributed by atoms with Crippen molar-refractivity contribution in [3.63, 3.8) is 0 Å². The van der Waals surface area contributed by atoms with E-state index in [-0.39, 0.29) is 0 Å². The molecule has 0 aromatic heterocycles. The van der Waals surface area contributed by atoms with Crippen LogP contribution in [-0.2, 0) is 0 Å². The summed E-state index contributed by atoms with van der Waals surface area (Å²) in [6, 6.07) is 0. The van der Waals surface area contributed by atoms with E-state index >= 15 is 0 Å². The van der Waals surface area contributed by atoms with Crippen LogP contribution in [-0.4, -0.2) is 56.2 Å². The first kappa shape index (κ1) is 11.7.